The Morgan fingerprint density at radius 3 is 1.15 bits per heavy atom. The molecule has 0 aliphatic rings. The van der Waals surface area contributed by atoms with Crippen LogP contribution in [0, 0.1) is 0 Å². The second-order valence-electron chi connectivity index (χ2n) is 17.0. The summed E-state index contributed by atoms with van der Waals surface area (Å²) in [6.45, 7) is 18.4. The van der Waals surface area contributed by atoms with E-state index in [4.69, 9.17) is 18.9 Å². The zero-order valence-corrected chi connectivity index (χ0v) is 35.9. The molecule has 2 heterocycles. The Hall–Kier alpha value is -6.44. The number of hydrogen-bond acceptors (Lipinski definition) is 12. The molecule has 0 saturated heterocycles. The number of ether oxygens (including phenoxy) is 4. The summed E-state index contributed by atoms with van der Waals surface area (Å²) in [7, 11) is 0. The number of fused-ring (bicyclic) bond motifs is 2. The predicted octanol–water partition coefficient (Wildman–Crippen LogP) is 8.37. The summed E-state index contributed by atoms with van der Waals surface area (Å²) < 4.78 is 22.9. The molecule has 2 aromatic heterocycles. The van der Waals surface area contributed by atoms with Gasteiger partial charge in [-0.25, -0.2) is 0 Å². The summed E-state index contributed by atoms with van der Waals surface area (Å²) in [4.78, 5) is 54.3. The summed E-state index contributed by atoms with van der Waals surface area (Å²) in [5.41, 5.74) is 5.28. The molecule has 14 heteroatoms. The van der Waals surface area contributed by atoms with Gasteiger partial charge in [-0.3, -0.25) is 19.2 Å². The fourth-order valence-corrected chi connectivity index (χ4v) is 6.69. The van der Waals surface area contributed by atoms with E-state index in [1.165, 1.54) is 23.4 Å². The highest BCUT2D eigenvalue weighted by atomic mass is 16.5. The fourth-order valence-electron chi connectivity index (χ4n) is 6.69. The average Bonchev–Trinajstić information content (AvgIpc) is 3.82. The number of nitrogens with zero attached hydrogens (tertiary/aromatic N) is 6. The average molecular weight is 817 g/mol. The fraction of sp³-hybridized carbons (Fsp3) is 0.391. The van der Waals surface area contributed by atoms with Crippen LogP contribution in [-0.4, -0.2) is 67.1 Å². The number of carbonyl (C=O) groups excluding carboxylic acids is 4. The van der Waals surface area contributed by atoms with Crippen molar-refractivity contribution >= 4 is 45.9 Å². The molecule has 60 heavy (non-hydrogen) atoms. The van der Waals surface area contributed by atoms with Crippen LogP contribution in [0.1, 0.15) is 116 Å². The van der Waals surface area contributed by atoms with Gasteiger partial charge in [0.2, 0.25) is 0 Å². The van der Waals surface area contributed by atoms with Crippen molar-refractivity contribution in [1.29, 1.82) is 0 Å². The van der Waals surface area contributed by atoms with Crippen LogP contribution in [0.2, 0.25) is 0 Å². The highest BCUT2D eigenvalue weighted by Gasteiger charge is 2.31. The van der Waals surface area contributed by atoms with Crippen molar-refractivity contribution in [3.05, 3.63) is 95.1 Å². The van der Waals surface area contributed by atoms with Gasteiger partial charge in [-0.05, 0) is 85.0 Å². The second-order valence-corrected chi connectivity index (χ2v) is 17.0. The van der Waals surface area contributed by atoms with Crippen LogP contribution in [0.25, 0.3) is 33.4 Å². The number of esters is 4. The third-order valence-corrected chi connectivity index (χ3v) is 10.0. The Bertz CT molecular complexity index is 2330. The minimum atomic E-state index is -0.676. The minimum absolute atomic E-state index is 0.119. The molecule has 0 amide bonds. The van der Waals surface area contributed by atoms with Gasteiger partial charge in [-0.2, -0.15) is 0 Å². The van der Waals surface area contributed by atoms with Gasteiger partial charge in [0.1, 0.15) is 33.4 Å². The Balaban J connectivity index is 1.12. The van der Waals surface area contributed by atoms with Crippen LogP contribution in [0.4, 0.5) is 0 Å². The Kier molecular flexibility index (Phi) is 12.5. The topological polar surface area (TPSA) is 167 Å². The van der Waals surface area contributed by atoms with Gasteiger partial charge in [0.25, 0.3) is 0 Å². The predicted molar refractivity (Wildman–Crippen MR) is 226 cm³/mol. The van der Waals surface area contributed by atoms with Gasteiger partial charge in [-0.1, -0.05) is 77.9 Å². The molecule has 6 rings (SSSR count). The molecule has 2 atom stereocenters. The van der Waals surface area contributed by atoms with Crippen molar-refractivity contribution in [2.75, 3.05) is 13.2 Å². The van der Waals surface area contributed by atoms with E-state index in [0.717, 1.165) is 0 Å². The molecule has 14 nitrogen and oxygen atoms in total. The van der Waals surface area contributed by atoms with E-state index in [2.05, 4.69) is 20.4 Å². The first-order valence-corrected chi connectivity index (χ1v) is 20.0. The molecule has 6 aromatic rings. The first-order valence-electron chi connectivity index (χ1n) is 20.0. The van der Waals surface area contributed by atoms with Crippen LogP contribution >= 0.6 is 0 Å². The van der Waals surface area contributed by atoms with Crippen molar-refractivity contribution in [3.63, 3.8) is 0 Å². The Morgan fingerprint density at radius 1 is 0.550 bits per heavy atom. The first-order chi connectivity index (χ1) is 28.3. The molecule has 0 radical (unpaired) electrons. The largest absolute Gasteiger partial charge is 0.465 e. The number of aromatic nitrogens is 6. The number of benzene rings is 4. The number of carbonyl (C=O) groups is 4. The van der Waals surface area contributed by atoms with Crippen LogP contribution in [0.5, 0.6) is 11.5 Å². The van der Waals surface area contributed by atoms with Crippen LogP contribution in [0.15, 0.2) is 72.8 Å². The third kappa shape index (κ3) is 9.70. The van der Waals surface area contributed by atoms with Crippen molar-refractivity contribution in [3.8, 4) is 22.9 Å². The zero-order valence-electron chi connectivity index (χ0n) is 35.9. The van der Waals surface area contributed by atoms with Crippen molar-refractivity contribution in [1.82, 2.24) is 30.0 Å². The summed E-state index contributed by atoms with van der Waals surface area (Å²) in [6, 6.07) is 22.1. The normalized spacial score (nSPS) is 12.9. The maximum absolute atomic E-state index is 13.4. The lowest BCUT2D eigenvalue weighted by atomic mass is 9.83. The van der Waals surface area contributed by atoms with E-state index in [0.29, 0.717) is 80.0 Å². The highest BCUT2D eigenvalue weighted by Crippen LogP contribution is 2.41. The quantitative estimate of drug-likeness (QED) is 0.0622. The van der Waals surface area contributed by atoms with Crippen LogP contribution in [0.3, 0.4) is 0 Å². The second kappa shape index (κ2) is 17.4. The van der Waals surface area contributed by atoms with Gasteiger partial charge >= 0.3 is 23.9 Å². The van der Waals surface area contributed by atoms with Gasteiger partial charge in [-0.15, -0.1) is 30.0 Å². The number of unbranched alkanes of at least 4 members (excludes halogenated alkanes) is 1. The molecule has 0 spiro atoms. The van der Waals surface area contributed by atoms with Crippen molar-refractivity contribution in [2.45, 2.75) is 105 Å². The molecule has 0 fully saturated rings. The molecule has 0 N–H and O–H groups in total. The highest BCUT2D eigenvalue weighted by molar-refractivity contribution is 5.81. The van der Waals surface area contributed by atoms with E-state index in [1.54, 1.807) is 26.0 Å². The third-order valence-electron chi connectivity index (χ3n) is 10.0. The minimum Gasteiger partial charge on any atom is -0.465 e. The van der Waals surface area contributed by atoms with Crippen LogP contribution < -0.4 is 9.47 Å². The molecular weight excluding hydrogens is 765 g/mol. The monoisotopic (exact) mass is 816 g/mol. The van der Waals surface area contributed by atoms with Crippen molar-refractivity contribution in [2.24, 2.45) is 0 Å². The molecule has 0 aliphatic heterocycles. The smallest absolute Gasteiger partial charge is 0.313 e. The Labute approximate surface area is 349 Å². The molecule has 0 bridgehead atoms. The lowest BCUT2D eigenvalue weighted by Crippen LogP contribution is -2.21. The van der Waals surface area contributed by atoms with Crippen LogP contribution in [-0.2, 0) is 39.5 Å². The Morgan fingerprint density at radius 2 is 0.867 bits per heavy atom. The SMILES string of the molecule is CC(=O)Oc1c(-n2nc3ccccc3n2)cc(C(C)C(=O)OCCCCOC(=O)C(C)c2cc(-n3nc4ccccc4n3)c(OC(C)=O)c(C(C)(C)C)c2)cc1C(C)(C)C. The summed E-state index contributed by atoms with van der Waals surface area (Å²) in [6.07, 6.45) is 0.920. The van der Waals surface area contributed by atoms with E-state index < -0.39 is 46.5 Å². The molecule has 4 aromatic carbocycles. The maximum atomic E-state index is 13.4. The van der Waals surface area contributed by atoms with E-state index in [-0.39, 0.29) is 13.2 Å². The summed E-state index contributed by atoms with van der Waals surface area (Å²) in [5.74, 6) is -2.57. The molecule has 2 unspecified atom stereocenters. The summed E-state index contributed by atoms with van der Waals surface area (Å²) >= 11 is 0. The first kappa shape index (κ1) is 43.1. The molecule has 0 saturated carbocycles. The van der Waals surface area contributed by atoms with Gasteiger partial charge in [0.15, 0.2) is 11.5 Å². The van der Waals surface area contributed by atoms with E-state index in [9.17, 15) is 19.2 Å². The number of rotatable bonds is 13. The number of hydrogen-bond donors (Lipinski definition) is 0. The molecular formula is C46H52N6O8. The standard InChI is InChI=1S/C46H52N6O8/c1-27(31-23-33(45(5,6)7)41(59-29(3)53)39(25-31)51-47-35-17-11-12-18-36(35)48-51)43(55)57-21-15-16-22-58-44(56)28(2)32-24-34(46(8,9)10)42(60-30(4)54)40(26-32)52-49-37-19-13-14-20-38(37)50-52/h11-14,17-20,23-28H,15-16,21-22H2,1-10H3. The van der Waals surface area contributed by atoms with E-state index in [1.807, 2.05) is 102 Å². The summed E-state index contributed by atoms with van der Waals surface area (Å²) in [5, 5.41) is 18.5. The zero-order chi connectivity index (χ0) is 43.5. The lowest BCUT2D eigenvalue weighted by Gasteiger charge is -2.26. The molecule has 314 valence electrons. The van der Waals surface area contributed by atoms with Gasteiger partial charge in [0.05, 0.1) is 25.0 Å². The van der Waals surface area contributed by atoms with E-state index >= 15 is 0 Å². The maximum Gasteiger partial charge on any atom is 0.313 e. The van der Waals surface area contributed by atoms with Crippen molar-refractivity contribution < 1.29 is 38.1 Å². The lowest BCUT2D eigenvalue weighted by molar-refractivity contribution is -0.147. The van der Waals surface area contributed by atoms with Gasteiger partial charge in [0, 0.05) is 25.0 Å². The molecule has 0 aliphatic carbocycles. The van der Waals surface area contributed by atoms with Gasteiger partial charge < -0.3 is 18.9 Å².